The summed E-state index contributed by atoms with van der Waals surface area (Å²) in [6.07, 6.45) is 2.47. The number of nitrogens with zero attached hydrogens (tertiary/aromatic N) is 1. The molecule has 0 radical (unpaired) electrons. The third kappa shape index (κ3) is 2.11. The van der Waals surface area contributed by atoms with Crippen molar-refractivity contribution in [2.75, 3.05) is 19.8 Å². The monoisotopic (exact) mass is 284 g/mol. The molecule has 2 saturated heterocycles. The summed E-state index contributed by atoms with van der Waals surface area (Å²) in [4.78, 5) is 26.2. The Morgan fingerprint density at radius 1 is 1.50 bits per heavy atom. The van der Waals surface area contributed by atoms with Crippen molar-refractivity contribution in [2.24, 2.45) is 11.1 Å². The van der Waals surface area contributed by atoms with Crippen molar-refractivity contribution < 1.29 is 19.4 Å². The molecule has 0 aromatic carbocycles. The van der Waals surface area contributed by atoms with Crippen LogP contribution in [0.5, 0.6) is 0 Å². The van der Waals surface area contributed by atoms with Gasteiger partial charge in [-0.3, -0.25) is 4.79 Å². The van der Waals surface area contributed by atoms with Crippen molar-refractivity contribution in [2.45, 2.75) is 51.1 Å². The number of amides is 1. The molecular weight excluding hydrogens is 260 g/mol. The number of ether oxygens (including phenoxy) is 1. The van der Waals surface area contributed by atoms with Crippen LogP contribution in [0.4, 0.5) is 0 Å². The predicted molar refractivity (Wildman–Crippen MR) is 73.1 cm³/mol. The number of rotatable bonds is 4. The van der Waals surface area contributed by atoms with E-state index in [2.05, 4.69) is 0 Å². The molecule has 3 unspecified atom stereocenters. The summed E-state index contributed by atoms with van der Waals surface area (Å²) in [7, 11) is 0. The fourth-order valence-corrected chi connectivity index (χ4v) is 3.39. The molecule has 0 saturated carbocycles. The molecule has 3 N–H and O–H groups in total. The third-order valence-corrected chi connectivity index (χ3v) is 4.80. The lowest BCUT2D eigenvalue weighted by Gasteiger charge is -2.40. The lowest BCUT2D eigenvalue weighted by atomic mass is 9.82. The molecular formula is C14H24N2O4. The number of carboxylic acids is 1. The van der Waals surface area contributed by atoms with Crippen LogP contribution in [-0.4, -0.2) is 53.2 Å². The van der Waals surface area contributed by atoms with Gasteiger partial charge in [-0.1, -0.05) is 13.3 Å². The Kier molecular flexibility index (Phi) is 4.07. The van der Waals surface area contributed by atoms with Crippen LogP contribution < -0.4 is 5.73 Å². The minimum atomic E-state index is -1.06. The molecule has 2 rings (SSSR count). The average molecular weight is 284 g/mol. The van der Waals surface area contributed by atoms with Crippen LogP contribution in [0.1, 0.15) is 39.5 Å². The van der Waals surface area contributed by atoms with Crippen LogP contribution in [0.2, 0.25) is 0 Å². The van der Waals surface area contributed by atoms with E-state index in [0.29, 0.717) is 26.0 Å². The van der Waals surface area contributed by atoms with Crippen molar-refractivity contribution in [1.82, 2.24) is 4.90 Å². The molecule has 2 heterocycles. The highest BCUT2D eigenvalue weighted by atomic mass is 16.5. The van der Waals surface area contributed by atoms with Gasteiger partial charge in [0.15, 0.2) is 0 Å². The topological polar surface area (TPSA) is 92.9 Å². The van der Waals surface area contributed by atoms with E-state index >= 15 is 0 Å². The van der Waals surface area contributed by atoms with Crippen LogP contribution in [-0.2, 0) is 14.3 Å². The van der Waals surface area contributed by atoms with E-state index in [1.165, 1.54) is 0 Å². The van der Waals surface area contributed by atoms with E-state index in [-0.39, 0.29) is 18.6 Å². The Morgan fingerprint density at radius 2 is 2.20 bits per heavy atom. The van der Waals surface area contributed by atoms with E-state index in [4.69, 9.17) is 10.5 Å². The minimum Gasteiger partial charge on any atom is -0.479 e. The van der Waals surface area contributed by atoms with Gasteiger partial charge in [0.05, 0.1) is 18.6 Å². The Bertz CT molecular complexity index is 414. The van der Waals surface area contributed by atoms with Crippen molar-refractivity contribution in [1.29, 1.82) is 0 Å². The van der Waals surface area contributed by atoms with Gasteiger partial charge in [-0.05, 0) is 26.2 Å². The SMILES string of the molecule is CCCC1(C(=O)O)CCCN1C(=O)C1(C)COCC1N. The number of carbonyl (C=O) groups is 2. The average Bonchev–Trinajstić information content (AvgIpc) is 2.96. The van der Waals surface area contributed by atoms with Crippen molar-refractivity contribution in [3.05, 3.63) is 0 Å². The summed E-state index contributed by atoms with van der Waals surface area (Å²) in [5.74, 6) is -1.07. The zero-order valence-electron chi connectivity index (χ0n) is 12.2. The normalized spacial score (nSPS) is 37.4. The lowest BCUT2D eigenvalue weighted by molar-refractivity contribution is -0.161. The predicted octanol–water partition coefficient (Wildman–Crippen LogP) is 0.596. The van der Waals surface area contributed by atoms with Gasteiger partial charge in [-0.25, -0.2) is 4.79 Å². The van der Waals surface area contributed by atoms with Crippen molar-refractivity contribution in [3.63, 3.8) is 0 Å². The maximum absolute atomic E-state index is 12.9. The molecule has 6 heteroatoms. The quantitative estimate of drug-likeness (QED) is 0.788. The van der Waals surface area contributed by atoms with Crippen LogP contribution in [0.3, 0.4) is 0 Å². The van der Waals surface area contributed by atoms with Gasteiger partial charge in [0.1, 0.15) is 5.54 Å². The van der Waals surface area contributed by atoms with Crippen LogP contribution in [0.25, 0.3) is 0 Å². The summed E-state index contributed by atoms with van der Waals surface area (Å²) < 4.78 is 5.32. The number of carboxylic acid groups (broad SMARTS) is 1. The molecule has 0 spiro atoms. The van der Waals surface area contributed by atoms with Gasteiger partial charge in [0, 0.05) is 12.6 Å². The molecule has 2 aliphatic rings. The summed E-state index contributed by atoms with van der Waals surface area (Å²) >= 11 is 0. The van der Waals surface area contributed by atoms with Gasteiger partial charge in [-0.15, -0.1) is 0 Å². The van der Waals surface area contributed by atoms with Crippen LogP contribution in [0, 0.1) is 5.41 Å². The Labute approximate surface area is 119 Å². The van der Waals surface area contributed by atoms with E-state index in [0.717, 1.165) is 12.8 Å². The van der Waals surface area contributed by atoms with E-state index < -0.39 is 16.9 Å². The standard InChI is InChI=1S/C14H24N2O4/c1-3-5-14(12(18)19)6-4-7-16(14)11(17)13(2)9-20-8-10(13)15/h10H,3-9,15H2,1-2H3,(H,18,19). The zero-order chi connectivity index (χ0) is 15.0. The largest absolute Gasteiger partial charge is 0.479 e. The number of hydrogen-bond donors (Lipinski definition) is 2. The molecule has 0 bridgehead atoms. The highest BCUT2D eigenvalue weighted by Crippen LogP contribution is 2.39. The molecule has 2 fully saturated rings. The second-order valence-corrected chi connectivity index (χ2v) is 6.19. The maximum atomic E-state index is 12.9. The van der Waals surface area contributed by atoms with Gasteiger partial charge in [0.25, 0.3) is 0 Å². The van der Waals surface area contributed by atoms with Crippen molar-refractivity contribution in [3.8, 4) is 0 Å². The zero-order valence-corrected chi connectivity index (χ0v) is 12.2. The van der Waals surface area contributed by atoms with Crippen LogP contribution in [0.15, 0.2) is 0 Å². The van der Waals surface area contributed by atoms with Crippen molar-refractivity contribution >= 4 is 11.9 Å². The van der Waals surface area contributed by atoms with E-state index in [1.54, 1.807) is 11.8 Å². The number of aliphatic carboxylic acids is 1. The van der Waals surface area contributed by atoms with E-state index in [1.807, 2.05) is 6.92 Å². The van der Waals surface area contributed by atoms with Gasteiger partial charge >= 0.3 is 5.97 Å². The first kappa shape index (κ1) is 15.3. The smallest absolute Gasteiger partial charge is 0.329 e. The molecule has 6 nitrogen and oxygen atoms in total. The summed E-state index contributed by atoms with van der Waals surface area (Å²) in [6.45, 7) is 4.84. The maximum Gasteiger partial charge on any atom is 0.329 e. The first-order valence-corrected chi connectivity index (χ1v) is 7.27. The number of carbonyl (C=O) groups excluding carboxylic acids is 1. The van der Waals surface area contributed by atoms with Gasteiger partial charge in [-0.2, -0.15) is 0 Å². The van der Waals surface area contributed by atoms with E-state index in [9.17, 15) is 14.7 Å². The van der Waals surface area contributed by atoms with Gasteiger partial charge in [0.2, 0.25) is 5.91 Å². The molecule has 2 aliphatic heterocycles. The first-order chi connectivity index (χ1) is 9.38. The summed E-state index contributed by atoms with van der Waals surface area (Å²) in [6, 6.07) is -0.372. The molecule has 0 aliphatic carbocycles. The minimum absolute atomic E-state index is 0.171. The highest BCUT2D eigenvalue weighted by molar-refractivity contribution is 5.91. The summed E-state index contributed by atoms with van der Waals surface area (Å²) in [5.41, 5.74) is 4.14. The molecule has 0 aromatic heterocycles. The molecule has 114 valence electrons. The molecule has 3 atom stereocenters. The Hall–Kier alpha value is -1.14. The number of nitrogens with two attached hydrogens (primary N) is 1. The fourth-order valence-electron chi connectivity index (χ4n) is 3.39. The lowest BCUT2D eigenvalue weighted by Crippen LogP contribution is -2.59. The second-order valence-electron chi connectivity index (χ2n) is 6.19. The molecule has 1 amide bonds. The highest BCUT2D eigenvalue weighted by Gasteiger charge is 2.55. The first-order valence-electron chi connectivity index (χ1n) is 7.27. The molecule has 0 aromatic rings. The Balaban J connectivity index is 2.30. The van der Waals surface area contributed by atoms with Gasteiger partial charge < -0.3 is 20.5 Å². The molecule has 20 heavy (non-hydrogen) atoms. The summed E-state index contributed by atoms with van der Waals surface area (Å²) in [5, 5.41) is 9.65. The fraction of sp³-hybridized carbons (Fsp3) is 0.857. The third-order valence-electron chi connectivity index (χ3n) is 4.80. The number of hydrogen-bond acceptors (Lipinski definition) is 4. The van der Waals surface area contributed by atoms with Crippen LogP contribution >= 0.6 is 0 Å². The Morgan fingerprint density at radius 3 is 2.70 bits per heavy atom. The second kappa shape index (κ2) is 5.33. The number of likely N-dealkylation sites (tertiary alicyclic amines) is 1.